The number of hydrogen-bond acceptors (Lipinski definition) is 4. The van der Waals surface area contributed by atoms with Crippen LogP contribution in [0.2, 0.25) is 0 Å². The minimum absolute atomic E-state index is 0. The molecule has 1 amide bonds. The lowest BCUT2D eigenvalue weighted by Gasteiger charge is -2.34. The Kier molecular flexibility index (Phi) is 5.53. The van der Waals surface area contributed by atoms with Gasteiger partial charge in [-0.15, -0.1) is 12.4 Å². The maximum absolute atomic E-state index is 12.7. The number of hydrogen-bond donors (Lipinski definition) is 1. The van der Waals surface area contributed by atoms with Gasteiger partial charge in [-0.25, -0.2) is 0 Å². The number of carbonyl (C=O) groups is 1. The minimum Gasteiger partial charge on any atom is -0.493 e. The molecular weight excluding hydrogens is 304 g/mol. The average molecular weight is 327 g/mol. The number of amides is 1. The van der Waals surface area contributed by atoms with Gasteiger partial charge in [-0.1, -0.05) is 0 Å². The summed E-state index contributed by atoms with van der Waals surface area (Å²) < 4.78 is 10.5. The predicted molar refractivity (Wildman–Crippen MR) is 87.2 cm³/mol. The Labute approximate surface area is 137 Å². The van der Waals surface area contributed by atoms with Crippen LogP contribution in [0.15, 0.2) is 18.2 Å². The first kappa shape index (κ1) is 16.9. The summed E-state index contributed by atoms with van der Waals surface area (Å²) in [6.07, 6.45) is 1.09. The van der Waals surface area contributed by atoms with E-state index in [9.17, 15) is 4.79 Å². The molecule has 22 heavy (non-hydrogen) atoms. The van der Waals surface area contributed by atoms with Crippen molar-refractivity contribution in [3.63, 3.8) is 0 Å². The van der Waals surface area contributed by atoms with E-state index in [1.807, 2.05) is 11.0 Å². The lowest BCUT2D eigenvalue weighted by Crippen LogP contribution is -2.43. The largest absolute Gasteiger partial charge is 0.493 e. The molecule has 0 bridgehead atoms. The van der Waals surface area contributed by atoms with E-state index in [2.05, 4.69) is 5.32 Å². The third-order valence-electron chi connectivity index (χ3n) is 4.62. The Bertz CT molecular complexity index is 538. The fourth-order valence-electron chi connectivity index (χ4n) is 3.37. The highest BCUT2D eigenvalue weighted by atomic mass is 35.5. The van der Waals surface area contributed by atoms with E-state index >= 15 is 0 Å². The van der Waals surface area contributed by atoms with E-state index in [0.717, 1.165) is 38.5 Å². The SMILES string of the molecule is COc1ccc(C(=O)N2CCC3CNCC3C2)cc1OC.Cl. The van der Waals surface area contributed by atoms with E-state index in [-0.39, 0.29) is 18.3 Å². The molecule has 1 aromatic rings. The number of halogens is 1. The zero-order valence-corrected chi connectivity index (χ0v) is 13.8. The Morgan fingerprint density at radius 1 is 1.18 bits per heavy atom. The lowest BCUT2D eigenvalue weighted by molar-refractivity contribution is 0.0642. The Balaban J connectivity index is 0.00000176. The zero-order chi connectivity index (χ0) is 14.8. The molecule has 0 radical (unpaired) electrons. The number of methoxy groups -OCH3 is 2. The maximum atomic E-state index is 12.7. The highest BCUT2D eigenvalue weighted by Crippen LogP contribution is 2.30. The van der Waals surface area contributed by atoms with Crippen LogP contribution in [0.1, 0.15) is 16.8 Å². The normalized spacial score (nSPS) is 23.5. The highest BCUT2D eigenvalue weighted by molar-refractivity contribution is 5.95. The minimum atomic E-state index is 0. The first-order chi connectivity index (χ1) is 10.2. The monoisotopic (exact) mass is 326 g/mol. The van der Waals surface area contributed by atoms with Crippen LogP contribution in [0.5, 0.6) is 11.5 Å². The van der Waals surface area contributed by atoms with Crippen LogP contribution < -0.4 is 14.8 Å². The molecule has 2 fully saturated rings. The van der Waals surface area contributed by atoms with Gasteiger partial charge in [0.25, 0.3) is 5.91 Å². The number of nitrogens with zero attached hydrogens (tertiary/aromatic N) is 1. The second-order valence-electron chi connectivity index (χ2n) is 5.79. The molecule has 2 saturated heterocycles. The van der Waals surface area contributed by atoms with E-state index in [1.54, 1.807) is 26.4 Å². The van der Waals surface area contributed by atoms with Crippen LogP contribution in [0, 0.1) is 11.8 Å². The summed E-state index contributed by atoms with van der Waals surface area (Å²) in [5.41, 5.74) is 0.664. The third-order valence-corrected chi connectivity index (χ3v) is 4.62. The van der Waals surface area contributed by atoms with Crippen molar-refractivity contribution in [3.05, 3.63) is 23.8 Å². The molecule has 0 aliphatic carbocycles. The van der Waals surface area contributed by atoms with Gasteiger partial charge in [-0.05, 0) is 49.5 Å². The van der Waals surface area contributed by atoms with Crippen LogP contribution in [0.4, 0.5) is 0 Å². The number of likely N-dealkylation sites (tertiary alicyclic amines) is 1. The second-order valence-corrected chi connectivity index (χ2v) is 5.79. The van der Waals surface area contributed by atoms with E-state index in [4.69, 9.17) is 9.47 Å². The molecule has 122 valence electrons. The summed E-state index contributed by atoms with van der Waals surface area (Å²) in [6, 6.07) is 5.36. The molecule has 0 saturated carbocycles. The van der Waals surface area contributed by atoms with E-state index in [0.29, 0.717) is 23.0 Å². The van der Waals surface area contributed by atoms with Gasteiger partial charge in [0.05, 0.1) is 14.2 Å². The molecule has 6 heteroatoms. The first-order valence-electron chi connectivity index (χ1n) is 7.45. The molecule has 2 aliphatic heterocycles. The maximum Gasteiger partial charge on any atom is 0.254 e. The van der Waals surface area contributed by atoms with Crippen molar-refractivity contribution in [1.82, 2.24) is 10.2 Å². The molecule has 1 N–H and O–H groups in total. The predicted octanol–water partition coefficient (Wildman–Crippen LogP) is 1.81. The summed E-state index contributed by atoms with van der Waals surface area (Å²) >= 11 is 0. The molecule has 1 aromatic carbocycles. The van der Waals surface area contributed by atoms with Crippen molar-refractivity contribution in [1.29, 1.82) is 0 Å². The van der Waals surface area contributed by atoms with Crippen molar-refractivity contribution >= 4 is 18.3 Å². The molecule has 3 rings (SSSR count). The van der Waals surface area contributed by atoms with Gasteiger partial charge in [0.2, 0.25) is 0 Å². The van der Waals surface area contributed by atoms with Crippen LogP contribution in [0.25, 0.3) is 0 Å². The molecule has 0 aromatic heterocycles. The molecule has 2 aliphatic rings. The number of fused-ring (bicyclic) bond motifs is 1. The van der Waals surface area contributed by atoms with Crippen molar-refractivity contribution in [3.8, 4) is 11.5 Å². The quantitative estimate of drug-likeness (QED) is 0.920. The zero-order valence-electron chi connectivity index (χ0n) is 13.0. The second kappa shape index (κ2) is 7.20. The van der Waals surface area contributed by atoms with Gasteiger partial charge in [0.1, 0.15) is 0 Å². The summed E-state index contributed by atoms with van der Waals surface area (Å²) in [6.45, 7) is 3.82. The van der Waals surface area contributed by atoms with Gasteiger partial charge in [-0.3, -0.25) is 4.79 Å². The Morgan fingerprint density at radius 3 is 2.64 bits per heavy atom. The standard InChI is InChI=1S/C16H22N2O3.ClH/c1-20-14-4-3-11(7-15(14)21-2)16(19)18-6-5-12-8-17-9-13(12)10-18;/h3-4,7,12-13,17H,5-6,8-10H2,1-2H3;1H. The molecule has 0 spiro atoms. The van der Waals surface area contributed by atoms with E-state index < -0.39 is 0 Å². The third kappa shape index (κ3) is 3.15. The first-order valence-corrected chi connectivity index (χ1v) is 7.45. The lowest BCUT2D eigenvalue weighted by atomic mass is 9.88. The van der Waals surface area contributed by atoms with Crippen LogP contribution >= 0.6 is 12.4 Å². The number of benzene rings is 1. The summed E-state index contributed by atoms with van der Waals surface area (Å²) in [5.74, 6) is 2.66. The number of ether oxygens (including phenoxy) is 2. The van der Waals surface area contributed by atoms with Gasteiger partial charge in [0.15, 0.2) is 11.5 Å². The van der Waals surface area contributed by atoms with Crippen molar-refractivity contribution in [2.45, 2.75) is 6.42 Å². The molecule has 2 atom stereocenters. The van der Waals surface area contributed by atoms with Gasteiger partial charge in [0, 0.05) is 18.7 Å². The van der Waals surface area contributed by atoms with Crippen molar-refractivity contribution < 1.29 is 14.3 Å². The van der Waals surface area contributed by atoms with Gasteiger partial charge in [-0.2, -0.15) is 0 Å². The van der Waals surface area contributed by atoms with E-state index in [1.165, 1.54) is 0 Å². The summed E-state index contributed by atoms with van der Waals surface area (Å²) in [4.78, 5) is 14.6. The Hall–Kier alpha value is -1.46. The summed E-state index contributed by atoms with van der Waals surface area (Å²) in [5, 5.41) is 3.42. The molecule has 5 nitrogen and oxygen atoms in total. The number of nitrogens with one attached hydrogen (secondary N) is 1. The highest BCUT2D eigenvalue weighted by Gasteiger charge is 2.34. The molecular formula is C16H23ClN2O3. The van der Waals surface area contributed by atoms with Crippen molar-refractivity contribution in [2.24, 2.45) is 11.8 Å². The molecule has 2 unspecified atom stereocenters. The van der Waals surface area contributed by atoms with Crippen LogP contribution in [-0.4, -0.2) is 51.2 Å². The number of rotatable bonds is 3. The topological polar surface area (TPSA) is 50.8 Å². The Morgan fingerprint density at radius 2 is 1.91 bits per heavy atom. The van der Waals surface area contributed by atoms with Gasteiger partial charge >= 0.3 is 0 Å². The molecule has 2 heterocycles. The van der Waals surface area contributed by atoms with Crippen LogP contribution in [-0.2, 0) is 0 Å². The van der Waals surface area contributed by atoms with Gasteiger partial charge < -0.3 is 19.7 Å². The number of piperidine rings is 1. The summed E-state index contributed by atoms with van der Waals surface area (Å²) in [7, 11) is 3.18. The number of carbonyl (C=O) groups excluding carboxylic acids is 1. The fraction of sp³-hybridized carbons (Fsp3) is 0.562. The smallest absolute Gasteiger partial charge is 0.254 e. The van der Waals surface area contributed by atoms with Crippen LogP contribution in [0.3, 0.4) is 0 Å². The fourth-order valence-corrected chi connectivity index (χ4v) is 3.37. The van der Waals surface area contributed by atoms with Crippen molar-refractivity contribution in [2.75, 3.05) is 40.4 Å². The average Bonchev–Trinajstić information content (AvgIpc) is 3.00.